The molecule has 0 unspecified atom stereocenters. The molecule has 22 heavy (non-hydrogen) atoms. The van der Waals surface area contributed by atoms with E-state index in [1.54, 1.807) is 24.3 Å². The number of hydrogen-bond donors (Lipinski definition) is 1. The zero-order chi connectivity index (χ0) is 15.7. The van der Waals surface area contributed by atoms with Crippen LogP contribution in [0.2, 0.25) is 0 Å². The normalized spacial score (nSPS) is 19.8. The predicted octanol–water partition coefficient (Wildman–Crippen LogP) is 0.219. The van der Waals surface area contributed by atoms with Gasteiger partial charge in [0.05, 0.1) is 18.2 Å². The molecule has 116 valence electrons. The number of fused-ring (bicyclic) bond motifs is 1. The van der Waals surface area contributed by atoms with Crippen LogP contribution < -0.4 is 15.4 Å². The van der Waals surface area contributed by atoms with Crippen molar-refractivity contribution in [2.45, 2.75) is 18.9 Å². The molecule has 0 saturated heterocycles. The molecule has 7 nitrogen and oxygen atoms in total. The number of carbonyl (C=O) groups excluding carboxylic acids is 3. The standard InChI is InChI=1S/C15H16N2O5/c16-14(19)12-7-17(10-3-1-2-4-11(10)22-12)13(18)8-21-15(20)9-5-6-9/h1-4,9,12H,5-8H2,(H2,16,19)/t12-/m0/s1. The first-order valence-corrected chi connectivity index (χ1v) is 7.08. The molecule has 1 aliphatic heterocycles. The molecular weight excluding hydrogens is 288 g/mol. The molecular formula is C15H16N2O5. The Hall–Kier alpha value is -2.57. The fourth-order valence-electron chi connectivity index (χ4n) is 2.27. The smallest absolute Gasteiger partial charge is 0.309 e. The van der Waals surface area contributed by atoms with Gasteiger partial charge < -0.3 is 20.1 Å². The van der Waals surface area contributed by atoms with Gasteiger partial charge in [0.25, 0.3) is 11.8 Å². The summed E-state index contributed by atoms with van der Waals surface area (Å²) in [5, 5.41) is 0. The van der Waals surface area contributed by atoms with Crippen molar-refractivity contribution in [2.24, 2.45) is 11.7 Å². The second-order valence-electron chi connectivity index (χ2n) is 5.36. The first kappa shape index (κ1) is 14.4. The summed E-state index contributed by atoms with van der Waals surface area (Å²) < 4.78 is 10.5. The molecule has 3 rings (SSSR count). The maximum absolute atomic E-state index is 12.3. The molecule has 2 amide bonds. The summed E-state index contributed by atoms with van der Waals surface area (Å²) in [6.07, 6.45) is 0.715. The Kier molecular flexibility index (Phi) is 3.70. The van der Waals surface area contributed by atoms with Crippen molar-refractivity contribution in [3.05, 3.63) is 24.3 Å². The Morgan fingerprint density at radius 3 is 2.68 bits per heavy atom. The first-order valence-electron chi connectivity index (χ1n) is 7.08. The SMILES string of the molecule is NC(=O)[C@@H]1CN(C(=O)COC(=O)C2CC2)c2ccccc2O1. The number of amides is 2. The Balaban J connectivity index is 1.74. The number of benzene rings is 1. The number of rotatable bonds is 4. The van der Waals surface area contributed by atoms with Crippen LogP contribution in [0.25, 0.3) is 0 Å². The number of para-hydroxylation sites is 2. The second kappa shape index (κ2) is 5.67. The highest BCUT2D eigenvalue weighted by atomic mass is 16.5. The van der Waals surface area contributed by atoms with Crippen LogP contribution in [0.4, 0.5) is 5.69 Å². The van der Waals surface area contributed by atoms with E-state index in [0.29, 0.717) is 11.4 Å². The number of hydrogen-bond acceptors (Lipinski definition) is 5. The van der Waals surface area contributed by atoms with Crippen molar-refractivity contribution in [1.82, 2.24) is 0 Å². The zero-order valence-corrected chi connectivity index (χ0v) is 11.9. The highest BCUT2D eigenvalue weighted by molar-refractivity contribution is 5.98. The van der Waals surface area contributed by atoms with E-state index in [2.05, 4.69) is 0 Å². The number of carbonyl (C=O) groups is 3. The van der Waals surface area contributed by atoms with E-state index in [1.807, 2.05) is 0 Å². The summed E-state index contributed by atoms with van der Waals surface area (Å²) in [6.45, 7) is -0.346. The number of nitrogens with two attached hydrogens (primary N) is 1. The summed E-state index contributed by atoms with van der Waals surface area (Å²) in [6, 6.07) is 6.84. The average molecular weight is 304 g/mol. The number of primary amides is 1. The van der Waals surface area contributed by atoms with Gasteiger partial charge in [0, 0.05) is 0 Å². The van der Waals surface area contributed by atoms with E-state index >= 15 is 0 Å². The van der Waals surface area contributed by atoms with E-state index < -0.39 is 17.9 Å². The van der Waals surface area contributed by atoms with Gasteiger partial charge in [0.1, 0.15) is 5.75 Å². The fourth-order valence-corrected chi connectivity index (χ4v) is 2.27. The largest absolute Gasteiger partial charge is 0.477 e. The number of ether oxygens (including phenoxy) is 2. The van der Waals surface area contributed by atoms with E-state index in [-0.39, 0.29) is 25.0 Å². The van der Waals surface area contributed by atoms with Gasteiger partial charge in [-0.2, -0.15) is 0 Å². The lowest BCUT2D eigenvalue weighted by molar-refractivity contribution is -0.149. The molecule has 1 heterocycles. The molecule has 2 aliphatic rings. The van der Waals surface area contributed by atoms with Gasteiger partial charge in [-0.3, -0.25) is 14.4 Å². The Labute approximate surface area is 127 Å². The van der Waals surface area contributed by atoms with E-state index in [1.165, 1.54) is 4.90 Å². The first-order chi connectivity index (χ1) is 10.6. The molecule has 1 aromatic rings. The maximum atomic E-state index is 12.3. The third-order valence-electron chi connectivity index (χ3n) is 3.64. The van der Waals surface area contributed by atoms with E-state index in [0.717, 1.165) is 12.8 Å². The van der Waals surface area contributed by atoms with Crippen LogP contribution in [0.15, 0.2) is 24.3 Å². The number of esters is 1. The predicted molar refractivity (Wildman–Crippen MR) is 76.1 cm³/mol. The third kappa shape index (κ3) is 2.88. The maximum Gasteiger partial charge on any atom is 0.309 e. The molecule has 0 radical (unpaired) electrons. The lowest BCUT2D eigenvalue weighted by Crippen LogP contribution is -2.50. The minimum atomic E-state index is -0.919. The number of nitrogens with zero attached hydrogens (tertiary/aromatic N) is 1. The monoisotopic (exact) mass is 304 g/mol. The summed E-state index contributed by atoms with van der Waals surface area (Å²) in [7, 11) is 0. The van der Waals surface area contributed by atoms with Gasteiger partial charge in [0.15, 0.2) is 12.7 Å². The quantitative estimate of drug-likeness (QED) is 0.802. The van der Waals surface area contributed by atoms with Gasteiger partial charge in [0.2, 0.25) is 0 Å². The summed E-state index contributed by atoms with van der Waals surface area (Å²) in [5.74, 6) is -1.07. The molecule has 1 aliphatic carbocycles. The minimum absolute atomic E-state index is 0.00611. The summed E-state index contributed by atoms with van der Waals surface area (Å²) in [4.78, 5) is 36.6. The van der Waals surface area contributed by atoms with Crippen LogP contribution in [0, 0.1) is 5.92 Å². The molecule has 0 bridgehead atoms. The number of anilines is 1. The lowest BCUT2D eigenvalue weighted by atomic mass is 10.2. The molecule has 0 spiro atoms. The van der Waals surface area contributed by atoms with Crippen molar-refractivity contribution < 1.29 is 23.9 Å². The minimum Gasteiger partial charge on any atom is -0.477 e. The van der Waals surface area contributed by atoms with Gasteiger partial charge in [-0.25, -0.2) is 0 Å². The van der Waals surface area contributed by atoms with Crippen molar-refractivity contribution in [3.8, 4) is 5.75 Å². The van der Waals surface area contributed by atoms with Crippen LogP contribution >= 0.6 is 0 Å². The molecule has 1 aromatic carbocycles. The zero-order valence-electron chi connectivity index (χ0n) is 11.9. The van der Waals surface area contributed by atoms with Gasteiger partial charge in [-0.1, -0.05) is 12.1 Å². The Bertz CT molecular complexity index is 626. The molecule has 1 atom stereocenters. The highest BCUT2D eigenvalue weighted by Crippen LogP contribution is 2.33. The van der Waals surface area contributed by atoms with E-state index in [4.69, 9.17) is 15.2 Å². The second-order valence-corrected chi connectivity index (χ2v) is 5.36. The van der Waals surface area contributed by atoms with Crippen LogP contribution in [0.3, 0.4) is 0 Å². The van der Waals surface area contributed by atoms with Crippen molar-refractivity contribution in [3.63, 3.8) is 0 Å². The van der Waals surface area contributed by atoms with Crippen molar-refractivity contribution in [1.29, 1.82) is 0 Å². The van der Waals surface area contributed by atoms with Crippen LogP contribution in [-0.2, 0) is 19.1 Å². The molecule has 1 saturated carbocycles. The molecule has 7 heteroatoms. The third-order valence-corrected chi connectivity index (χ3v) is 3.64. The Morgan fingerprint density at radius 2 is 2.00 bits per heavy atom. The van der Waals surface area contributed by atoms with Crippen LogP contribution in [-0.4, -0.2) is 37.0 Å². The summed E-state index contributed by atoms with van der Waals surface area (Å²) >= 11 is 0. The topological polar surface area (TPSA) is 98.9 Å². The molecule has 2 N–H and O–H groups in total. The van der Waals surface area contributed by atoms with Gasteiger partial charge >= 0.3 is 5.97 Å². The highest BCUT2D eigenvalue weighted by Gasteiger charge is 2.35. The van der Waals surface area contributed by atoms with Crippen LogP contribution in [0.1, 0.15) is 12.8 Å². The van der Waals surface area contributed by atoms with Crippen LogP contribution in [0.5, 0.6) is 5.75 Å². The van der Waals surface area contributed by atoms with Crippen molar-refractivity contribution >= 4 is 23.5 Å². The van der Waals surface area contributed by atoms with E-state index in [9.17, 15) is 14.4 Å². The van der Waals surface area contributed by atoms with Gasteiger partial charge in [-0.05, 0) is 25.0 Å². The van der Waals surface area contributed by atoms with Crippen molar-refractivity contribution in [2.75, 3.05) is 18.1 Å². The molecule has 0 aromatic heterocycles. The molecule has 1 fully saturated rings. The lowest BCUT2D eigenvalue weighted by Gasteiger charge is -2.33. The van der Waals surface area contributed by atoms with Gasteiger partial charge in [-0.15, -0.1) is 0 Å². The Morgan fingerprint density at radius 1 is 1.27 bits per heavy atom. The summed E-state index contributed by atoms with van der Waals surface area (Å²) in [5.41, 5.74) is 5.80. The average Bonchev–Trinajstić information content (AvgIpc) is 3.36. The fraction of sp³-hybridized carbons (Fsp3) is 0.400.